The Morgan fingerprint density at radius 3 is 2.69 bits per heavy atom. The summed E-state index contributed by atoms with van der Waals surface area (Å²) in [6, 6.07) is 15.2. The Bertz CT molecular complexity index is 1090. The molecule has 0 aliphatic heterocycles. The van der Waals surface area contributed by atoms with Crippen molar-refractivity contribution in [2.45, 2.75) is 20.5 Å². The van der Waals surface area contributed by atoms with E-state index >= 15 is 0 Å². The van der Waals surface area contributed by atoms with Gasteiger partial charge in [0, 0.05) is 16.5 Å². The quantitative estimate of drug-likeness (QED) is 0.507. The van der Waals surface area contributed by atoms with Crippen molar-refractivity contribution in [3.05, 3.63) is 71.3 Å². The normalized spacial score (nSPS) is 11.0. The molecule has 0 spiro atoms. The minimum Gasteiger partial charge on any atom is -0.450 e. The number of carbonyl (C=O) groups excluding carboxylic acids is 1. The number of rotatable bonds is 4. The van der Waals surface area contributed by atoms with Crippen LogP contribution in [0, 0.1) is 13.8 Å². The van der Waals surface area contributed by atoms with E-state index < -0.39 is 5.97 Å². The molecule has 26 heavy (non-hydrogen) atoms. The second-order valence-electron chi connectivity index (χ2n) is 6.00. The fourth-order valence-corrected chi connectivity index (χ4v) is 2.77. The number of fused-ring (bicyclic) bond motifs is 1. The fraction of sp³-hybridized carbons (Fsp3) is 0.150. The molecule has 0 unspecified atom stereocenters. The first-order chi connectivity index (χ1) is 12.6. The first-order valence-corrected chi connectivity index (χ1v) is 8.16. The number of para-hydroxylation sites is 1. The SMILES string of the molecule is Cc1cccc(-c2nnc(COC(=O)c3oc4ccccc4c3C)o2)c1. The van der Waals surface area contributed by atoms with Crippen molar-refractivity contribution < 1.29 is 18.4 Å². The van der Waals surface area contributed by atoms with Crippen LogP contribution in [-0.4, -0.2) is 16.2 Å². The Labute approximate surface area is 149 Å². The van der Waals surface area contributed by atoms with Crippen molar-refractivity contribution in [2.24, 2.45) is 0 Å². The minimum atomic E-state index is -0.561. The molecule has 2 heterocycles. The van der Waals surface area contributed by atoms with Gasteiger partial charge in [0.05, 0.1) is 0 Å². The summed E-state index contributed by atoms with van der Waals surface area (Å²) in [5.41, 5.74) is 3.31. The summed E-state index contributed by atoms with van der Waals surface area (Å²) < 4.78 is 16.4. The zero-order chi connectivity index (χ0) is 18.1. The predicted octanol–water partition coefficient (Wildman–Crippen LogP) is 4.46. The number of aromatic nitrogens is 2. The summed E-state index contributed by atoms with van der Waals surface area (Å²) in [6.07, 6.45) is 0. The number of benzene rings is 2. The number of hydrogen-bond acceptors (Lipinski definition) is 6. The molecule has 2 aromatic carbocycles. The van der Waals surface area contributed by atoms with E-state index in [0.29, 0.717) is 11.5 Å². The summed E-state index contributed by atoms with van der Waals surface area (Å²) >= 11 is 0. The van der Waals surface area contributed by atoms with Crippen LogP contribution < -0.4 is 0 Å². The smallest absolute Gasteiger partial charge is 0.375 e. The molecule has 0 amide bonds. The van der Waals surface area contributed by atoms with E-state index in [1.54, 1.807) is 0 Å². The van der Waals surface area contributed by atoms with E-state index in [-0.39, 0.29) is 18.3 Å². The number of nitrogens with zero attached hydrogens (tertiary/aromatic N) is 2. The molecule has 0 fully saturated rings. The summed E-state index contributed by atoms with van der Waals surface area (Å²) in [6.45, 7) is 3.69. The van der Waals surface area contributed by atoms with E-state index in [1.165, 1.54) is 0 Å². The van der Waals surface area contributed by atoms with Gasteiger partial charge in [-0.1, -0.05) is 35.9 Å². The van der Waals surface area contributed by atoms with Gasteiger partial charge in [0.2, 0.25) is 11.7 Å². The molecule has 6 heteroatoms. The maximum absolute atomic E-state index is 12.3. The lowest BCUT2D eigenvalue weighted by Gasteiger charge is -2.00. The molecule has 0 bridgehead atoms. The van der Waals surface area contributed by atoms with Crippen molar-refractivity contribution >= 4 is 16.9 Å². The standard InChI is InChI=1S/C20H16N2O4/c1-12-6-5-7-14(10-12)19-22-21-17(26-19)11-24-20(23)18-13(2)15-8-3-4-9-16(15)25-18/h3-10H,11H2,1-2H3. The third-order valence-electron chi connectivity index (χ3n) is 4.09. The lowest BCUT2D eigenvalue weighted by atomic mass is 10.1. The van der Waals surface area contributed by atoms with Crippen molar-refractivity contribution in [3.63, 3.8) is 0 Å². The topological polar surface area (TPSA) is 78.4 Å². The van der Waals surface area contributed by atoms with E-state index in [9.17, 15) is 4.79 Å². The molecule has 0 saturated heterocycles. The summed E-state index contributed by atoms with van der Waals surface area (Å²) in [7, 11) is 0. The second kappa shape index (κ2) is 6.48. The number of aryl methyl sites for hydroxylation is 2. The first-order valence-electron chi connectivity index (χ1n) is 8.16. The van der Waals surface area contributed by atoms with Gasteiger partial charge in [0.25, 0.3) is 5.89 Å². The highest BCUT2D eigenvalue weighted by atomic mass is 16.6. The van der Waals surface area contributed by atoms with E-state index in [2.05, 4.69) is 10.2 Å². The van der Waals surface area contributed by atoms with Crippen molar-refractivity contribution in [3.8, 4) is 11.5 Å². The highest BCUT2D eigenvalue weighted by Crippen LogP contribution is 2.26. The maximum atomic E-state index is 12.3. The molecular weight excluding hydrogens is 332 g/mol. The third kappa shape index (κ3) is 2.97. The van der Waals surface area contributed by atoms with Crippen LogP contribution in [-0.2, 0) is 11.3 Å². The predicted molar refractivity (Wildman–Crippen MR) is 94.5 cm³/mol. The van der Waals surface area contributed by atoms with Gasteiger partial charge in [0.1, 0.15) is 5.58 Å². The number of ether oxygens (including phenoxy) is 1. The highest BCUT2D eigenvalue weighted by Gasteiger charge is 2.20. The van der Waals surface area contributed by atoms with Gasteiger partial charge in [-0.2, -0.15) is 0 Å². The average molecular weight is 348 g/mol. The lowest BCUT2D eigenvalue weighted by Crippen LogP contribution is -2.05. The molecule has 6 nitrogen and oxygen atoms in total. The molecular formula is C20H16N2O4. The molecule has 2 aromatic heterocycles. The Morgan fingerprint density at radius 1 is 1.04 bits per heavy atom. The van der Waals surface area contributed by atoms with E-state index in [0.717, 1.165) is 22.1 Å². The van der Waals surface area contributed by atoms with Crippen LogP contribution in [0.5, 0.6) is 0 Å². The summed E-state index contributed by atoms with van der Waals surface area (Å²) in [4.78, 5) is 12.3. The molecule has 0 N–H and O–H groups in total. The molecule has 4 rings (SSSR count). The number of hydrogen-bond donors (Lipinski definition) is 0. The Kier molecular flexibility index (Phi) is 4.01. The fourth-order valence-electron chi connectivity index (χ4n) is 2.77. The molecule has 0 aliphatic rings. The van der Waals surface area contributed by atoms with Crippen LogP contribution in [0.1, 0.15) is 27.6 Å². The average Bonchev–Trinajstić information content (AvgIpc) is 3.25. The van der Waals surface area contributed by atoms with Gasteiger partial charge >= 0.3 is 5.97 Å². The van der Waals surface area contributed by atoms with Crippen LogP contribution in [0.2, 0.25) is 0 Å². The largest absolute Gasteiger partial charge is 0.450 e. The maximum Gasteiger partial charge on any atom is 0.375 e. The van der Waals surface area contributed by atoms with Gasteiger partial charge in [0.15, 0.2) is 6.61 Å². The van der Waals surface area contributed by atoms with Crippen LogP contribution in [0.25, 0.3) is 22.4 Å². The molecule has 130 valence electrons. The first kappa shape index (κ1) is 16.1. The number of esters is 1. The summed E-state index contributed by atoms with van der Waals surface area (Å²) in [5, 5.41) is 8.82. The van der Waals surface area contributed by atoms with Gasteiger partial charge in [-0.15, -0.1) is 10.2 Å². The highest BCUT2D eigenvalue weighted by molar-refractivity contribution is 5.95. The van der Waals surface area contributed by atoms with Gasteiger partial charge in [-0.3, -0.25) is 0 Å². The van der Waals surface area contributed by atoms with Crippen molar-refractivity contribution in [2.75, 3.05) is 0 Å². The Balaban J connectivity index is 1.48. The minimum absolute atomic E-state index is 0.117. The lowest BCUT2D eigenvalue weighted by molar-refractivity contribution is 0.0404. The molecule has 0 saturated carbocycles. The van der Waals surface area contributed by atoms with Gasteiger partial charge in [-0.05, 0) is 32.0 Å². The molecule has 0 radical (unpaired) electrons. The van der Waals surface area contributed by atoms with Crippen LogP contribution >= 0.6 is 0 Å². The van der Waals surface area contributed by atoms with Gasteiger partial charge < -0.3 is 13.6 Å². The second-order valence-corrected chi connectivity index (χ2v) is 6.00. The van der Waals surface area contributed by atoms with Crippen LogP contribution in [0.15, 0.2) is 57.4 Å². The monoisotopic (exact) mass is 348 g/mol. The zero-order valence-corrected chi connectivity index (χ0v) is 14.4. The van der Waals surface area contributed by atoms with Gasteiger partial charge in [-0.25, -0.2) is 4.79 Å². The Morgan fingerprint density at radius 2 is 1.88 bits per heavy atom. The van der Waals surface area contributed by atoms with Crippen LogP contribution in [0.3, 0.4) is 0 Å². The number of carbonyl (C=O) groups is 1. The molecule has 0 aliphatic carbocycles. The zero-order valence-electron chi connectivity index (χ0n) is 14.4. The van der Waals surface area contributed by atoms with Crippen molar-refractivity contribution in [1.82, 2.24) is 10.2 Å². The molecule has 0 atom stereocenters. The van der Waals surface area contributed by atoms with Crippen molar-refractivity contribution in [1.29, 1.82) is 0 Å². The summed E-state index contributed by atoms with van der Waals surface area (Å²) in [5.74, 6) is 0.238. The Hall–Kier alpha value is -3.41. The van der Waals surface area contributed by atoms with E-state index in [1.807, 2.05) is 62.4 Å². The van der Waals surface area contributed by atoms with Crippen LogP contribution in [0.4, 0.5) is 0 Å². The van der Waals surface area contributed by atoms with E-state index in [4.69, 9.17) is 13.6 Å². The number of furan rings is 1. The third-order valence-corrected chi connectivity index (χ3v) is 4.09. The molecule has 4 aromatic rings.